The van der Waals surface area contributed by atoms with Gasteiger partial charge < -0.3 is 24.5 Å². The van der Waals surface area contributed by atoms with E-state index in [0.29, 0.717) is 23.6 Å². The Balaban J connectivity index is 1.45. The third-order valence-corrected chi connectivity index (χ3v) is 4.76. The summed E-state index contributed by atoms with van der Waals surface area (Å²) >= 11 is 0. The normalized spacial score (nSPS) is 15.1. The van der Waals surface area contributed by atoms with Crippen LogP contribution in [0.25, 0.3) is 21.9 Å². The Morgan fingerprint density at radius 2 is 1.96 bits per heavy atom. The number of hydrogen-bond acceptors (Lipinski definition) is 5. The van der Waals surface area contributed by atoms with Crippen molar-refractivity contribution < 1.29 is 18.7 Å². The molecule has 1 fully saturated rings. The lowest BCUT2D eigenvalue weighted by molar-refractivity contribution is 0.0388. The maximum absolute atomic E-state index is 12.3. The van der Waals surface area contributed by atoms with Crippen molar-refractivity contribution in [3.63, 3.8) is 0 Å². The highest BCUT2D eigenvalue weighted by Gasteiger charge is 2.14. The zero-order valence-corrected chi connectivity index (χ0v) is 15.3. The van der Waals surface area contributed by atoms with E-state index in [4.69, 9.17) is 13.9 Å². The van der Waals surface area contributed by atoms with Crippen LogP contribution in [0.1, 0.15) is 0 Å². The van der Waals surface area contributed by atoms with Crippen molar-refractivity contribution in [3.8, 4) is 5.75 Å². The van der Waals surface area contributed by atoms with Crippen molar-refractivity contribution >= 4 is 33.7 Å². The minimum Gasteiger partial charge on any atom is -0.495 e. The lowest BCUT2D eigenvalue weighted by Gasteiger charge is -2.26. The smallest absolute Gasteiger partial charge is 0.319 e. The molecule has 142 valence electrons. The summed E-state index contributed by atoms with van der Waals surface area (Å²) in [5.41, 5.74) is 2.09. The van der Waals surface area contributed by atoms with Gasteiger partial charge in [0.15, 0.2) is 0 Å². The van der Waals surface area contributed by atoms with Gasteiger partial charge in [0, 0.05) is 43.0 Å². The van der Waals surface area contributed by atoms with Crippen LogP contribution in [0.5, 0.6) is 5.75 Å². The fourth-order valence-electron chi connectivity index (χ4n) is 3.34. The van der Waals surface area contributed by atoms with E-state index >= 15 is 0 Å². The van der Waals surface area contributed by atoms with Gasteiger partial charge in [0.1, 0.15) is 16.9 Å². The highest BCUT2D eigenvalue weighted by atomic mass is 16.5. The molecule has 0 atom stereocenters. The van der Waals surface area contributed by atoms with Gasteiger partial charge in [-0.05, 0) is 12.1 Å². The fourth-order valence-corrected chi connectivity index (χ4v) is 3.34. The van der Waals surface area contributed by atoms with Gasteiger partial charge in [0.05, 0.1) is 26.0 Å². The SMILES string of the molecule is COc1cc2c(cc1NC(=O)NCCN1CCOCC1)oc1ccccc12. The summed E-state index contributed by atoms with van der Waals surface area (Å²) in [6.07, 6.45) is 0. The van der Waals surface area contributed by atoms with Gasteiger partial charge in [-0.3, -0.25) is 4.90 Å². The number of nitrogens with one attached hydrogen (secondary N) is 2. The van der Waals surface area contributed by atoms with Crippen molar-refractivity contribution in [2.24, 2.45) is 0 Å². The molecule has 2 N–H and O–H groups in total. The summed E-state index contributed by atoms with van der Waals surface area (Å²) in [7, 11) is 1.59. The monoisotopic (exact) mass is 369 g/mol. The molecule has 27 heavy (non-hydrogen) atoms. The lowest BCUT2D eigenvalue weighted by atomic mass is 10.1. The number of urea groups is 1. The molecule has 1 aliphatic heterocycles. The third-order valence-electron chi connectivity index (χ3n) is 4.76. The Labute approximate surface area is 157 Å². The predicted octanol–water partition coefficient (Wildman–Crippen LogP) is 3.05. The van der Waals surface area contributed by atoms with Crippen LogP contribution < -0.4 is 15.4 Å². The van der Waals surface area contributed by atoms with Gasteiger partial charge in [0.25, 0.3) is 0 Å². The predicted molar refractivity (Wildman–Crippen MR) is 105 cm³/mol. The van der Waals surface area contributed by atoms with E-state index in [2.05, 4.69) is 15.5 Å². The van der Waals surface area contributed by atoms with Gasteiger partial charge >= 0.3 is 6.03 Å². The highest BCUT2D eigenvalue weighted by Crippen LogP contribution is 2.36. The van der Waals surface area contributed by atoms with Crippen LogP contribution in [-0.4, -0.2) is 57.4 Å². The molecule has 4 rings (SSSR count). The zero-order valence-electron chi connectivity index (χ0n) is 15.3. The molecule has 0 spiro atoms. The van der Waals surface area contributed by atoms with Gasteiger partial charge in [-0.25, -0.2) is 4.79 Å². The lowest BCUT2D eigenvalue weighted by Crippen LogP contribution is -2.42. The fraction of sp³-hybridized carbons (Fsp3) is 0.350. The van der Waals surface area contributed by atoms with Crippen LogP contribution in [0, 0.1) is 0 Å². The molecule has 2 aromatic carbocycles. The standard InChI is InChI=1S/C20H23N3O4/c1-25-19-12-15-14-4-2-3-5-17(14)27-18(15)13-16(19)22-20(24)21-6-7-23-8-10-26-11-9-23/h2-5,12-13H,6-11H2,1H3,(H2,21,22,24). The number of fused-ring (bicyclic) bond motifs is 3. The molecule has 0 saturated carbocycles. The zero-order chi connectivity index (χ0) is 18.6. The van der Waals surface area contributed by atoms with Crippen molar-refractivity contribution in [2.45, 2.75) is 0 Å². The first-order valence-corrected chi connectivity index (χ1v) is 9.09. The molecular formula is C20H23N3O4. The number of carbonyl (C=O) groups is 1. The van der Waals surface area contributed by atoms with Crippen LogP contribution in [0.15, 0.2) is 40.8 Å². The third kappa shape index (κ3) is 3.84. The highest BCUT2D eigenvalue weighted by molar-refractivity contribution is 6.07. The molecule has 2 heterocycles. The molecule has 1 aliphatic rings. The number of hydrogen-bond donors (Lipinski definition) is 2. The quantitative estimate of drug-likeness (QED) is 0.723. The Hall–Kier alpha value is -2.77. The second-order valence-corrected chi connectivity index (χ2v) is 6.48. The van der Waals surface area contributed by atoms with E-state index < -0.39 is 0 Å². The van der Waals surface area contributed by atoms with Gasteiger partial charge in [-0.15, -0.1) is 0 Å². The van der Waals surface area contributed by atoms with Crippen LogP contribution in [-0.2, 0) is 4.74 Å². The number of morpholine rings is 1. The second-order valence-electron chi connectivity index (χ2n) is 6.48. The first kappa shape index (κ1) is 17.6. The average Bonchev–Trinajstić information content (AvgIpc) is 3.05. The second kappa shape index (κ2) is 7.85. The topological polar surface area (TPSA) is 76.0 Å². The number of nitrogens with zero attached hydrogens (tertiary/aromatic N) is 1. The van der Waals surface area contributed by atoms with E-state index in [0.717, 1.165) is 49.2 Å². The minimum atomic E-state index is -0.267. The molecular weight excluding hydrogens is 346 g/mol. The van der Waals surface area contributed by atoms with E-state index in [1.165, 1.54) is 0 Å². The van der Waals surface area contributed by atoms with E-state index in [9.17, 15) is 4.79 Å². The van der Waals surface area contributed by atoms with Crippen LogP contribution in [0.3, 0.4) is 0 Å². The molecule has 1 aromatic heterocycles. The summed E-state index contributed by atoms with van der Waals surface area (Å²) in [6.45, 7) is 4.68. The molecule has 0 bridgehead atoms. The number of anilines is 1. The molecule has 7 nitrogen and oxygen atoms in total. The first-order valence-electron chi connectivity index (χ1n) is 9.09. The average molecular weight is 369 g/mol. The van der Waals surface area contributed by atoms with E-state index in [-0.39, 0.29) is 6.03 Å². The van der Waals surface area contributed by atoms with E-state index in [1.54, 1.807) is 13.2 Å². The Kier molecular flexibility index (Phi) is 5.13. The summed E-state index contributed by atoms with van der Waals surface area (Å²) in [5.74, 6) is 0.595. The molecule has 0 aliphatic carbocycles. The summed E-state index contributed by atoms with van der Waals surface area (Å²) in [6, 6.07) is 11.3. The number of ether oxygens (including phenoxy) is 2. The molecule has 2 amide bonds. The Bertz CT molecular complexity index is 947. The molecule has 1 saturated heterocycles. The van der Waals surface area contributed by atoms with Gasteiger partial charge in [-0.2, -0.15) is 0 Å². The van der Waals surface area contributed by atoms with Crippen molar-refractivity contribution in [3.05, 3.63) is 36.4 Å². The van der Waals surface area contributed by atoms with Gasteiger partial charge in [-0.1, -0.05) is 18.2 Å². The number of rotatable bonds is 5. The number of methoxy groups -OCH3 is 1. The Morgan fingerprint density at radius 1 is 1.15 bits per heavy atom. The molecule has 0 unspecified atom stereocenters. The van der Waals surface area contributed by atoms with Crippen molar-refractivity contribution in [1.29, 1.82) is 0 Å². The number of carbonyl (C=O) groups excluding carboxylic acids is 1. The minimum absolute atomic E-state index is 0.267. The molecule has 3 aromatic rings. The number of furan rings is 1. The maximum Gasteiger partial charge on any atom is 0.319 e. The first-order chi connectivity index (χ1) is 13.2. The van der Waals surface area contributed by atoms with E-state index in [1.807, 2.05) is 30.3 Å². The van der Waals surface area contributed by atoms with Crippen LogP contribution in [0.4, 0.5) is 10.5 Å². The molecule has 0 radical (unpaired) electrons. The summed E-state index contributed by atoms with van der Waals surface area (Å²) in [5, 5.41) is 7.72. The maximum atomic E-state index is 12.3. The number of amides is 2. The largest absolute Gasteiger partial charge is 0.495 e. The van der Waals surface area contributed by atoms with Gasteiger partial charge in [0.2, 0.25) is 0 Å². The van der Waals surface area contributed by atoms with Crippen LogP contribution >= 0.6 is 0 Å². The Morgan fingerprint density at radius 3 is 2.78 bits per heavy atom. The van der Waals surface area contributed by atoms with Crippen molar-refractivity contribution in [2.75, 3.05) is 51.8 Å². The van der Waals surface area contributed by atoms with Crippen LogP contribution in [0.2, 0.25) is 0 Å². The summed E-state index contributed by atoms with van der Waals surface area (Å²) in [4.78, 5) is 14.5. The van der Waals surface area contributed by atoms with Crippen molar-refractivity contribution in [1.82, 2.24) is 10.2 Å². The number of benzene rings is 2. The summed E-state index contributed by atoms with van der Waals surface area (Å²) < 4.78 is 16.7. The molecule has 7 heteroatoms. The number of para-hydroxylation sites is 1.